The van der Waals surface area contributed by atoms with Crippen LogP contribution in [-0.4, -0.2) is 35.8 Å². The number of rotatable bonds is 2. The lowest BCUT2D eigenvalue weighted by molar-refractivity contribution is -0.137. The van der Waals surface area contributed by atoms with E-state index in [1.807, 2.05) is 4.90 Å². The highest BCUT2D eigenvalue weighted by Gasteiger charge is 2.46. The SMILES string of the molecule is CC(=O)N[C@H](C)C(=O)N1CCCC2(CC2)C1. The van der Waals surface area contributed by atoms with Crippen molar-refractivity contribution in [3.8, 4) is 0 Å². The monoisotopic (exact) mass is 224 g/mol. The Balaban J connectivity index is 1.90. The number of piperidine rings is 1. The molecule has 90 valence electrons. The van der Waals surface area contributed by atoms with Crippen LogP contribution in [0.4, 0.5) is 0 Å². The second kappa shape index (κ2) is 4.07. The van der Waals surface area contributed by atoms with E-state index >= 15 is 0 Å². The van der Waals surface area contributed by atoms with Gasteiger partial charge in [0, 0.05) is 20.0 Å². The van der Waals surface area contributed by atoms with Crippen molar-refractivity contribution in [1.29, 1.82) is 0 Å². The molecule has 1 heterocycles. The van der Waals surface area contributed by atoms with Gasteiger partial charge in [0.25, 0.3) is 0 Å². The van der Waals surface area contributed by atoms with E-state index in [1.165, 1.54) is 26.2 Å². The van der Waals surface area contributed by atoms with E-state index in [0.717, 1.165) is 19.5 Å². The van der Waals surface area contributed by atoms with Gasteiger partial charge in [0.15, 0.2) is 0 Å². The molecule has 2 rings (SSSR count). The number of carbonyl (C=O) groups is 2. The molecule has 1 saturated carbocycles. The van der Waals surface area contributed by atoms with Gasteiger partial charge in [0.1, 0.15) is 6.04 Å². The van der Waals surface area contributed by atoms with E-state index in [9.17, 15) is 9.59 Å². The first-order chi connectivity index (χ1) is 7.52. The highest BCUT2D eigenvalue weighted by Crippen LogP contribution is 2.52. The minimum absolute atomic E-state index is 0.0705. The first kappa shape index (κ1) is 11.4. The fraction of sp³-hybridized carbons (Fsp3) is 0.833. The Morgan fingerprint density at radius 1 is 1.31 bits per heavy atom. The maximum absolute atomic E-state index is 12.1. The summed E-state index contributed by atoms with van der Waals surface area (Å²) in [4.78, 5) is 24.9. The summed E-state index contributed by atoms with van der Waals surface area (Å²) in [5, 5.41) is 2.66. The third kappa shape index (κ3) is 2.36. The van der Waals surface area contributed by atoms with E-state index in [4.69, 9.17) is 0 Å². The van der Waals surface area contributed by atoms with Crippen LogP contribution >= 0.6 is 0 Å². The topological polar surface area (TPSA) is 49.4 Å². The summed E-state index contributed by atoms with van der Waals surface area (Å²) in [6.07, 6.45) is 4.92. The molecule has 4 heteroatoms. The Labute approximate surface area is 96.4 Å². The lowest BCUT2D eigenvalue weighted by Crippen LogP contribution is -2.50. The van der Waals surface area contributed by atoms with Crippen LogP contribution < -0.4 is 5.32 Å². The molecule has 16 heavy (non-hydrogen) atoms. The van der Waals surface area contributed by atoms with E-state index < -0.39 is 0 Å². The quantitative estimate of drug-likeness (QED) is 0.758. The third-order valence-electron chi connectivity index (χ3n) is 3.72. The Kier molecular flexibility index (Phi) is 2.91. The summed E-state index contributed by atoms with van der Waals surface area (Å²) < 4.78 is 0. The second-order valence-electron chi connectivity index (χ2n) is 5.29. The number of hydrogen-bond acceptors (Lipinski definition) is 2. The summed E-state index contributed by atoms with van der Waals surface area (Å²) in [6, 6.07) is -0.383. The first-order valence-corrected chi connectivity index (χ1v) is 6.08. The molecule has 1 aliphatic carbocycles. The van der Waals surface area contributed by atoms with Gasteiger partial charge in [-0.1, -0.05) is 0 Å². The van der Waals surface area contributed by atoms with E-state index in [1.54, 1.807) is 6.92 Å². The fourth-order valence-corrected chi connectivity index (χ4v) is 2.62. The third-order valence-corrected chi connectivity index (χ3v) is 3.72. The molecule has 2 aliphatic rings. The smallest absolute Gasteiger partial charge is 0.244 e. The van der Waals surface area contributed by atoms with E-state index in [0.29, 0.717) is 5.41 Å². The normalized spacial score (nSPS) is 24.0. The minimum Gasteiger partial charge on any atom is -0.345 e. The molecule has 2 fully saturated rings. The zero-order valence-electron chi connectivity index (χ0n) is 10.1. The van der Waals surface area contributed by atoms with Gasteiger partial charge in [-0.2, -0.15) is 0 Å². The predicted molar refractivity (Wildman–Crippen MR) is 60.8 cm³/mol. The van der Waals surface area contributed by atoms with Crippen LogP contribution in [0.3, 0.4) is 0 Å². The van der Waals surface area contributed by atoms with Crippen molar-refractivity contribution < 1.29 is 9.59 Å². The van der Waals surface area contributed by atoms with Gasteiger partial charge < -0.3 is 10.2 Å². The summed E-state index contributed by atoms with van der Waals surface area (Å²) in [5.41, 5.74) is 0.448. The van der Waals surface area contributed by atoms with Crippen LogP contribution in [0.5, 0.6) is 0 Å². The van der Waals surface area contributed by atoms with Crippen molar-refractivity contribution in [2.45, 2.75) is 45.6 Å². The molecule has 0 bridgehead atoms. The Morgan fingerprint density at radius 2 is 2.00 bits per heavy atom. The number of likely N-dealkylation sites (tertiary alicyclic amines) is 1. The van der Waals surface area contributed by atoms with Crippen LogP contribution in [0.25, 0.3) is 0 Å². The molecule has 0 unspecified atom stereocenters. The summed E-state index contributed by atoms with van der Waals surface area (Å²) >= 11 is 0. The van der Waals surface area contributed by atoms with Gasteiger partial charge in [-0.15, -0.1) is 0 Å². The highest BCUT2D eigenvalue weighted by atomic mass is 16.2. The number of nitrogens with one attached hydrogen (secondary N) is 1. The van der Waals surface area contributed by atoms with Crippen LogP contribution in [-0.2, 0) is 9.59 Å². The number of nitrogens with zero attached hydrogens (tertiary/aromatic N) is 1. The van der Waals surface area contributed by atoms with E-state index in [2.05, 4.69) is 5.32 Å². The summed E-state index contributed by atoms with van der Waals surface area (Å²) in [5.74, 6) is -0.0693. The number of amides is 2. The lowest BCUT2D eigenvalue weighted by Gasteiger charge is -2.34. The van der Waals surface area contributed by atoms with Gasteiger partial charge in [0.05, 0.1) is 0 Å². The first-order valence-electron chi connectivity index (χ1n) is 6.08. The van der Waals surface area contributed by atoms with Crippen molar-refractivity contribution in [2.75, 3.05) is 13.1 Å². The molecular formula is C12H20N2O2. The highest BCUT2D eigenvalue weighted by molar-refractivity contribution is 5.86. The zero-order chi connectivity index (χ0) is 11.8. The van der Waals surface area contributed by atoms with Crippen LogP contribution in [0.2, 0.25) is 0 Å². The van der Waals surface area contributed by atoms with Crippen LogP contribution in [0.1, 0.15) is 39.5 Å². The van der Waals surface area contributed by atoms with Crippen LogP contribution in [0, 0.1) is 5.41 Å². The molecule has 1 atom stereocenters. The zero-order valence-corrected chi connectivity index (χ0v) is 10.1. The standard InChI is InChI=1S/C12H20N2O2/c1-9(13-10(2)15)11(16)14-7-3-4-12(8-14)5-6-12/h9H,3-8H2,1-2H3,(H,13,15)/t9-/m1/s1. The van der Waals surface area contributed by atoms with Gasteiger partial charge in [-0.05, 0) is 38.0 Å². The lowest BCUT2D eigenvalue weighted by atomic mass is 9.94. The van der Waals surface area contributed by atoms with Gasteiger partial charge in [-0.3, -0.25) is 9.59 Å². The largest absolute Gasteiger partial charge is 0.345 e. The average molecular weight is 224 g/mol. The fourth-order valence-electron chi connectivity index (χ4n) is 2.62. The maximum Gasteiger partial charge on any atom is 0.244 e. The van der Waals surface area contributed by atoms with Crippen molar-refractivity contribution >= 4 is 11.8 Å². The van der Waals surface area contributed by atoms with Gasteiger partial charge in [-0.25, -0.2) is 0 Å². The van der Waals surface area contributed by atoms with Crippen molar-refractivity contribution in [3.63, 3.8) is 0 Å². The maximum atomic E-state index is 12.1. The van der Waals surface area contributed by atoms with Crippen LogP contribution in [0.15, 0.2) is 0 Å². The molecule has 1 saturated heterocycles. The van der Waals surface area contributed by atoms with Crippen molar-refractivity contribution in [2.24, 2.45) is 5.41 Å². The Hall–Kier alpha value is -1.06. The Morgan fingerprint density at radius 3 is 2.56 bits per heavy atom. The molecule has 1 spiro atoms. The molecule has 2 amide bonds. The number of hydrogen-bond donors (Lipinski definition) is 1. The van der Waals surface area contributed by atoms with Crippen molar-refractivity contribution in [1.82, 2.24) is 10.2 Å². The van der Waals surface area contributed by atoms with Gasteiger partial charge in [0.2, 0.25) is 11.8 Å². The minimum atomic E-state index is -0.383. The average Bonchev–Trinajstić information content (AvgIpc) is 2.95. The summed E-state index contributed by atoms with van der Waals surface area (Å²) in [7, 11) is 0. The molecule has 0 aromatic carbocycles. The molecule has 0 aromatic heterocycles. The van der Waals surface area contributed by atoms with Crippen molar-refractivity contribution in [3.05, 3.63) is 0 Å². The second-order valence-corrected chi connectivity index (χ2v) is 5.29. The molecule has 1 aliphatic heterocycles. The molecular weight excluding hydrogens is 204 g/mol. The molecule has 1 N–H and O–H groups in total. The summed E-state index contributed by atoms with van der Waals surface area (Å²) in [6.45, 7) is 4.96. The van der Waals surface area contributed by atoms with Gasteiger partial charge >= 0.3 is 0 Å². The molecule has 4 nitrogen and oxygen atoms in total. The number of carbonyl (C=O) groups excluding carboxylic acids is 2. The predicted octanol–water partition coefficient (Wildman–Crippen LogP) is 0.914. The Bertz CT molecular complexity index is 310. The van der Waals surface area contributed by atoms with E-state index in [-0.39, 0.29) is 17.9 Å². The molecule has 0 radical (unpaired) electrons. The molecule has 0 aromatic rings.